The molecule has 0 saturated heterocycles. The van der Waals surface area contributed by atoms with Gasteiger partial charge in [0.15, 0.2) is 5.82 Å². The maximum absolute atomic E-state index is 12.9. The van der Waals surface area contributed by atoms with Crippen LogP contribution in [0.4, 0.5) is 32.2 Å². The minimum absolute atomic E-state index is 0.0511. The van der Waals surface area contributed by atoms with Gasteiger partial charge in [0.05, 0.1) is 16.0 Å². The van der Waals surface area contributed by atoms with Crippen LogP contribution in [0.2, 0.25) is 0 Å². The van der Waals surface area contributed by atoms with Crippen LogP contribution in [-0.2, 0) is 22.4 Å². The van der Waals surface area contributed by atoms with Gasteiger partial charge in [-0.1, -0.05) is 0 Å². The molecule has 0 bridgehead atoms. The molecule has 0 atom stereocenters. The number of sulfonamides is 1. The molecule has 3 rings (SSSR count). The van der Waals surface area contributed by atoms with Gasteiger partial charge < -0.3 is 0 Å². The second kappa shape index (κ2) is 6.98. The van der Waals surface area contributed by atoms with E-state index in [2.05, 4.69) is 20.1 Å². The van der Waals surface area contributed by atoms with E-state index in [-0.39, 0.29) is 24.0 Å². The smallest absolute Gasteiger partial charge is 0.263 e. The SMILES string of the molecule is O=S(=O)(Nc1cc(-n2cncn2)ncn1)c1cc(C(F)(F)F)cc(C(F)(F)F)c1. The summed E-state index contributed by atoms with van der Waals surface area (Å²) in [5, 5.41) is 3.75. The maximum Gasteiger partial charge on any atom is 0.416 e. The van der Waals surface area contributed by atoms with Crippen LogP contribution < -0.4 is 4.72 Å². The van der Waals surface area contributed by atoms with Crippen molar-refractivity contribution in [3.63, 3.8) is 0 Å². The third kappa shape index (κ3) is 4.61. The predicted octanol–water partition coefficient (Wildman–Crippen LogP) is 2.90. The zero-order valence-corrected chi connectivity index (χ0v) is 14.6. The van der Waals surface area contributed by atoms with Gasteiger partial charge in [-0.05, 0) is 18.2 Å². The minimum Gasteiger partial charge on any atom is -0.263 e. The number of nitrogens with one attached hydrogen (secondary N) is 1. The van der Waals surface area contributed by atoms with Crippen molar-refractivity contribution in [2.45, 2.75) is 17.2 Å². The summed E-state index contributed by atoms with van der Waals surface area (Å²) in [7, 11) is -4.85. The van der Waals surface area contributed by atoms with Gasteiger partial charge in [0.2, 0.25) is 0 Å². The summed E-state index contributed by atoms with van der Waals surface area (Å²) in [6, 6.07) is 1.07. The molecule has 1 N–H and O–H groups in total. The Kier molecular flexibility index (Phi) is 4.94. The zero-order valence-electron chi connectivity index (χ0n) is 13.8. The number of halogens is 6. The van der Waals surface area contributed by atoms with Crippen molar-refractivity contribution >= 4 is 15.8 Å². The Morgan fingerprint density at radius 3 is 2.00 bits per heavy atom. The fourth-order valence-electron chi connectivity index (χ4n) is 2.13. The Balaban J connectivity index is 2.03. The number of alkyl halides is 6. The van der Waals surface area contributed by atoms with Crippen molar-refractivity contribution < 1.29 is 34.8 Å². The summed E-state index contributed by atoms with van der Waals surface area (Å²) >= 11 is 0. The number of aromatic nitrogens is 5. The molecule has 29 heavy (non-hydrogen) atoms. The molecule has 8 nitrogen and oxygen atoms in total. The second-order valence-corrected chi connectivity index (χ2v) is 7.13. The van der Waals surface area contributed by atoms with E-state index >= 15 is 0 Å². The van der Waals surface area contributed by atoms with Crippen LogP contribution in [-0.4, -0.2) is 33.2 Å². The molecule has 0 radical (unpaired) electrons. The lowest BCUT2D eigenvalue weighted by atomic mass is 10.1. The molecule has 154 valence electrons. The lowest BCUT2D eigenvalue weighted by Crippen LogP contribution is -2.18. The molecule has 0 amide bonds. The van der Waals surface area contributed by atoms with Gasteiger partial charge in [-0.2, -0.15) is 31.4 Å². The first kappa shape index (κ1) is 20.5. The number of anilines is 1. The van der Waals surface area contributed by atoms with Crippen molar-refractivity contribution in [2.24, 2.45) is 0 Å². The quantitative estimate of drug-likeness (QED) is 0.629. The van der Waals surface area contributed by atoms with E-state index in [1.54, 1.807) is 0 Å². The number of nitrogens with zero attached hydrogens (tertiary/aromatic N) is 5. The maximum atomic E-state index is 12.9. The molecule has 3 aromatic rings. The van der Waals surface area contributed by atoms with Crippen molar-refractivity contribution in [2.75, 3.05) is 4.72 Å². The van der Waals surface area contributed by atoms with E-state index in [0.717, 1.165) is 23.4 Å². The molecular weight excluding hydrogens is 430 g/mol. The van der Waals surface area contributed by atoms with Crippen LogP contribution in [0.3, 0.4) is 0 Å². The first-order valence-corrected chi connectivity index (χ1v) is 8.84. The topological polar surface area (TPSA) is 103 Å². The summed E-state index contributed by atoms with van der Waals surface area (Å²) in [5.74, 6) is -0.355. The molecule has 0 aliphatic carbocycles. The molecular formula is C14H8F6N6O2S. The van der Waals surface area contributed by atoms with E-state index in [1.807, 2.05) is 4.72 Å². The molecule has 0 spiro atoms. The van der Waals surface area contributed by atoms with E-state index in [0.29, 0.717) is 0 Å². The largest absolute Gasteiger partial charge is 0.416 e. The molecule has 0 saturated carbocycles. The van der Waals surface area contributed by atoms with Crippen molar-refractivity contribution in [1.29, 1.82) is 0 Å². The third-order valence-electron chi connectivity index (χ3n) is 3.42. The average molecular weight is 438 g/mol. The minimum atomic E-state index is -5.19. The number of rotatable bonds is 4. The zero-order chi connectivity index (χ0) is 21.4. The molecule has 0 aliphatic rings. The Bertz CT molecular complexity index is 1100. The van der Waals surface area contributed by atoms with Gasteiger partial charge >= 0.3 is 12.4 Å². The highest BCUT2D eigenvalue weighted by molar-refractivity contribution is 7.92. The number of hydrogen-bond donors (Lipinski definition) is 1. The lowest BCUT2D eigenvalue weighted by molar-refractivity contribution is -0.143. The Labute approximate surface area is 158 Å². The second-order valence-electron chi connectivity index (χ2n) is 5.45. The van der Waals surface area contributed by atoms with Crippen LogP contribution in [0.1, 0.15) is 11.1 Å². The molecule has 0 aliphatic heterocycles. The molecule has 2 heterocycles. The predicted molar refractivity (Wildman–Crippen MR) is 84.2 cm³/mol. The summed E-state index contributed by atoms with van der Waals surface area (Å²) in [6.45, 7) is 0. The highest BCUT2D eigenvalue weighted by Crippen LogP contribution is 2.37. The summed E-state index contributed by atoms with van der Waals surface area (Å²) in [6.07, 6.45) is -7.08. The Hall–Kier alpha value is -3.23. The molecule has 0 unspecified atom stereocenters. The normalized spacial score (nSPS) is 12.8. The molecule has 1 aromatic carbocycles. The van der Waals surface area contributed by atoms with E-state index in [4.69, 9.17) is 0 Å². The fraction of sp³-hybridized carbons (Fsp3) is 0.143. The van der Waals surface area contributed by atoms with Crippen molar-refractivity contribution in [1.82, 2.24) is 24.7 Å². The monoisotopic (exact) mass is 438 g/mol. The molecule has 0 fully saturated rings. The molecule has 15 heteroatoms. The van der Waals surface area contributed by atoms with Crippen LogP contribution in [0.15, 0.2) is 48.1 Å². The lowest BCUT2D eigenvalue weighted by Gasteiger charge is -2.15. The highest BCUT2D eigenvalue weighted by atomic mass is 32.2. The summed E-state index contributed by atoms with van der Waals surface area (Å²) in [4.78, 5) is 9.81. The van der Waals surface area contributed by atoms with Gasteiger partial charge in [-0.15, -0.1) is 0 Å². The molecule has 2 aromatic heterocycles. The van der Waals surface area contributed by atoms with E-state index in [1.165, 1.54) is 6.33 Å². The highest BCUT2D eigenvalue weighted by Gasteiger charge is 2.38. The third-order valence-corrected chi connectivity index (χ3v) is 4.75. The fourth-order valence-corrected chi connectivity index (χ4v) is 3.20. The van der Waals surface area contributed by atoms with Gasteiger partial charge in [-0.3, -0.25) is 4.72 Å². The van der Waals surface area contributed by atoms with E-state index in [9.17, 15) is 34.8 Å². The van der Waals surface area contributed by atoms with Gasteiger partial charge in [0, 0.05) is 6.07 Å². The standard InChI is InChI=1S/C14H8F6N6O2S/c15-13(16,17)8-1-9(14(18,19)20)3-10(2-8)29(27,28)25-11-4-12(23-6-22-11)26-7-21-5-24-26/h1-7H,(H,22,23,25). The Morgan fingerprint density at radius 1 is 0.862 bits per heavy atom. The van der Waals surface area contributed by atoms with Crippen LogP contribution in [0, 0.1) is 0 Å². The summed E-state index contributed by atoms with van der Waals surface area (Å²) < 4.78 is 105. The first-order valence-electron chi connectivity index (χ1n) is 7.35. The van der Waals surface area contributed by atoms with Gasteiger partial charge in [0.1, 0.15) is 24.8 Å². The number of benzene rings is 1. The van der Waals surface area contributed by atoms with Crippen LogP contribution in [0.25, 0.3) is 5.82 Å². The Morgan fingerprint density at radius 2 is 1.48 bits per heavy atom. The van der Waals surface area contributed by atoms with Gasteiger partial charge in [0.25, 0.3) is 10.0 Å². The van der Waals surface area contributed by atoms with Gasteiger partial charge in [-0.25, -0.2) is 28.1 Å². The van der Waals surface area contributed by atoms with Crippen molar-refractivity contribution in [3.8, 4) is 5.82 Å². The first-order chi connectivity index (χ1) is 13.4. The average Bonchev–Trinajstić information content (AvgIpc) is 3.14. The number of hydrogen-bond acceptors (Lipinski definition) is 6. The van der Waals surface area contributed by atoms with Crippen molar-refractivity contribution in [3.05, 3.63) is 54.4 Å². The van der Waals surface area contributed by atoms with E-state index < -0.39 is 44.2 Å². The summed E-state index contributed by atoms with van der Waals surface area (Å²) in [5.41, 5.74) is -3.53. The van der Waals surface area contributed by atoms with Crippen LogP contribution >= 0.6 is 0 Å². The van der Waals surface area contributed by atoms with Crippen LogP contribution in [0.5, 0.6) is 0 Å².